The normalized spacial score (nSPS) is 13.2. The van der Waals surface area contributed by atoms with Crippen LogP contribution < -0.4 is 19.1 Å². The van der Waals surface area contributed by atoms with E-state index in [0.717, 1.165) is 27.4 Å². The van der Waals surface area contributed by atoms with E-state index in [1.165, 1.54) is 13.2 Å². The van der Waals surface area contributed by atoms with Gasteiger partial charge in [-0.1, -0.05) is 37.6 Å². The Kier molecular flexibility index (Phi) is 8.81. The molecule has 2 aromatic carbocycles. The maximum atomic E-state index is 13.3. The highest BCUT2D eigenvalue weighted by molar-refractivity contribution is 7.92. The summed E-state index contributed by atoms with van der Waals surface area (Å²) in [5, 5.41) is 3.27. The molecule has 2 rings (SSSR count). The molecule has 0 aromatic heterocycles. The molecule has 0 radical (unpaired) electrons. The third kappa shape index (κ3) is 5.86. The van der Waals surface area contributed by atoms with Crippen molar-refractivity contribution in [1.29, 1.82) is 0 Å². The average molecular weight is 483 g/mol. The maximum Gasteiger partial charge on any atom is 0.244 e. The fourth-order valence-electron chi connectivity index (χ4n) is 3.66. The number of hydrogen-bond donors (Lipinski definition) is 1. The Hall–Kier alpha value is -2.45. The zero-order chi connectivity index (χ0) is 24.1. The Morgan fingerprint density at radius 2 is 1.69 bits per heavy atom. The summed E-state index contributed by atoms with van der Waals surface area (Å²) in [6.45, 7) is 5.67. The Bertz CT molecular complexity index is 1060. The number of sulfonamides is 1. The molecule has 32 heavy (non-hydrogen) atoms. The van der Waals surface area contributed by atoms with Crippen LogP contribution in [0.15, 0.2) is 36.4 Å². The molecule has 0 saturated heterocycles. The first-order chi connectivity index (χ1) is 15.1. The van der Waals surface area contributed by atoms with E-state index in [-0.39, 0.29) is 23.4 Å². The van der Waals surface area contributed by atoms with Gasteiger partial charge in [0, 0.05) is 0 Å². The molecule has 1 amide bonds. The Labute approximate surface area is 195 Å². The first-order valence-corrected chi connectivity index (χ1v) is 12.6. The first kappa shape index (κ1) is 25.8. The van der Waals surface area contributed by atoms with Gasteiger partial charge in [0.1, 0.15) is 17.5 Å². The second-order valence-electron chi connectivity index (χ2n) is 7.50. The van der Waals surface area contributed by atoms with E-state index in [1.807, 2.05) is 32.0 Å². The monoisotopic (exact) mass is 482 g/mol. The van der Waals surface area contributed by atoms with Crippen molar-refractivity contribution >= 4 is 33.2 Å². The number of halogens is 1. The zero-order valence-electron chi connectivity index (χ0n) is 19.3. The van der Waals surface area contributed by atoms with Crippen molar-refractivity contribution in [2.24, 2.45) is 0 Å². The summed E-state index contributed by atoms with van der Waals surface area (Å²) in [6, 6.07) is 9.15. The van der Waals surface area contributed by atoms with Crippen molar-refractivity contribution in [3.8, 4) is 11.5 Å². The molecular formula is C23H31ClN2O5S. The standard InChI is InChI=1S/C23H31ClN2O5S/c1-7-19(16-9-11-21(30-4)15(3)13-16)25-23(27)20(8-2)26(32(6,28)29)17-10-12-22(31-5)18(24)14-17/h9-14,19-20H,7-8H2,1-6H3,(H,25,27)/t19-,20-/m0/s1. The van der Waals surface area contributed by atoms with Crippen molar-refractivity contribution in [3.63, 3.8) is 0 Å². The van der Waals surface area contributed by atoms with Crippen LogP contribution in [0.4, 0.5) is 5.69 Å². The first-order valence-electron chi connectivity index (χ1n) is 10.3. The van der Waals surface area contributed by atoms with Crippen LogP contribution in [0.5, 0.6) is 11.5 Å². The quantitative estimate of drug-likeness (QED) is 0.539. The molecule has 2 aromatic rings. The summed E-state index contributed by atoms with van der Waals surface area (Å²) in [6.07, 6.45) is 1.99. The number of nitrogens with one attached hydrogen (secondary N) is 1. The predicted molar refractivity (Wildman–Crippen MR) is 128 cm³/mol. The van der Waals surface area contributed by atoms with Gasteiger partial charge in [-0.3, -0.25) is 9.10 Å². The van der Waals surface area contributed by atoms with Crippen LogP contribution in [0.1, 0.15) is 43.9 Å². The molecule has 0 fully saturated rings. The summed E-state index contributed by atoms with van der Waals surface area (Å²) in [7, 11) is -0.692. The summed E-state index contributed by atoms with van der Waals surface area (Å²) < 4.78 is 37.0. The largest absolute Gasteiger partial charge is 0.496 e. The zero-order valence-corrected chi connectivity index (χ0v) is 20.9. The molecule has 0 aliphatic rings. The highest BCUT2D eigenvalue weighted by atomic mass is 35.5. The average Bonchev–Trinajstić information content (AvgIpc) is 2.74. The number of nitrogens with zero attached hydrogens (tertiary/aromatic N) is 1. The fourth-order valence-corrected chi connectivity index (χ4v) is 5.12. The van der Waals surface area contributed by atoms with Gasteiger partial charge < -0.3 is 14.8 Å². The Morgan fingerprint density at radius 1 is 1.06 bits per heavy atom. The minimum atomic E-state index is -3.78. The second-order valence-corrected chi connectivity index (χ2v) is 9.77. The molecule has 0 heterocycles. The minimum Gasteiger partial charge on any atom is -0.496 e. The molecule has 0 unspecified atom stereocenters. The molecule has 0 aliphatic heterocycles. The van der Waals surface area contributed by atoms with E-state index in [9.17, 15) is 13.2 Å². The number of benzene rings is 2. The predicted octanol–water partition coefficient (Wildman–Crippen LogP) is 4.48. The summed E-state index contributed by atoms with van der Waals surface area (Å²) in [4.78, 5) is 13.3. The lowest BCUT2D eigenvalue weighted by molar-refractivity contribution is -0.123. The van der Waals surface area contributed by atoms with Crippen LogP contribution in [0, 0.1) is 6.92 Å². The summed E-state index contributed by atoms with van der Waals surface area (Å²) in [5.41, 5.74) is 2.18. The van der Waals surface area contributed by atoms with Crippen LogP contribution in [-0.4, -0.2) is 40.8 Å². The van der Waals surface area contributed by atoms with E-state index in [0.29, 0.717) is 17.9 Å². The Balaban J connectivity index is 2.38. The lowest BCUT2D eigenvalue weighted by Gasteiger charge is -2.31. The smallest absolute Gasteiger partial charge is 0.244 e. The van der Waals surface area contributed by atoms with E-state index < -0.39 is 16.1 Å². The molecule has 0 saturated carbocycles. The van der Waals surface area contributed by atoms with Gasteiger partial charge in [0.25, 0.3) is 0 Å². The summed E-state index contributed by atoms with van der Waals surface area (Å²) >= 11 is 6.22. The van der Waals surface area contributed by atoms with E-state index in [1.54, 1.807) is 26.2 Å². The third-order valence-electron chi connectivity index (χ3n) is 5.27. The lowest BCUT2D eigenvalue weighted by Crippen LogP contribution is -2.50. The highest BCUT2D eigenvalue weighted by Gasteiger charge is 2.33. The molecule has 0 bridgehead atoms. The number of amides is 1. The second kappa shape index (κ2) is 10.9. The molecular weight excluding hydrogens is 452 g/mol. The van der Waals surface area contributed by atoms with Crippen LogP contribution in [0.25, 0.3) is 0 Å². The number of ether oxygens (including phenoxy) is 2. The molecule has 2 atom stereocenters. The topological polar surface area (TPSA) is 84.9 Å². The van der Waals surface area contributed by atoms with Crippen molar-refractivity contribution in [1.82, 2.24) is 5.32 Å². The maximum absolute atomic E-state index is 13.3. The third-order valence-corrected chi connectivity index (χ3v) is 6.74. The molecule has 176 valence electrons. The van der Waals surface area contributed by atoms with Gasteiger partial charge in [-0.15, -0.1) is 0 Å². The fraction of sp³-hybridized carbons (Fsp3) is 0.435. The lowest BCUT2D eigenvalue weighted by atomic mass is 10.0. The number of methoxy groups -OCH3 is 2. The van der Waals surface area contributed by atoms with E-state index >= 15 is 0 Å². The molecule has 0 aliphatic carbocycles. The van der Waals surface area contributed by atoms with Gasteiger partial charge in [-0.25, -0.2) is 8.42 Å². The molecule has 9 heteroatoms. The number of carbonyl (C=O) groups is 1. The van der Waals surface area contributed by atoms with Gasteiger partial charge in [0.15, 0.2) is 0 Å². The van der Waals surface area contributed by atoms with Crippen molar-refractivity contribution in [3.05, 3.63) is 52.5 Å². The van der Waals surface area contributed by atoms with Crippen LogP contribution >= 0.6 is 11.6 Å². The van der Waals surface area contributed by atoms with Crippen molar-refractivity contribution in [2.75, 3.05) is 24.8 Å². The van der Waals surface area contributed by atoms with Gasteiger partial charge in [0.05, 0.1) is 37.2 Å². The molecule has 0 spiro atoms. The van der Waals surface area contributed by atoms with E-state index in [4.69, 9.17) is 21.1 Å². The van der Waals surface area contributed by atoms with Gasteiger partial charge >= 0.3 is 0 Å². The minimum absolute atomic E-state index is 0.258. The number of carbonyl (C=O) groups excluding carboxylic acids is 1. The van der Waals surface area contributed by atoms with Crippen LogP contribution in [-0.2, 0) is 14.8 Å². The van der Waals surface area contributed by atoms with Crippen molar-refractivity contribution in [2.45, 2.75) is 45.7 Å². The number of anilines is 1. The van der Waals surface area contributed by atoms with Gasteiger partial charge in [-0.05, 0) is 55.2 Å². The summed E-state index contributed by atoms with van der Waals surface area (Å²) in [5.74, 6) is 0.800. The molecule has 7 nitrogen and oxygen atoms in total. The number of aryl methyl sites for hydroxylation is 1. The Morgan fingerprint density at radius 3 is 2.16 bits per heavy atom. The van der Waals surface area contributed by atoms with Crippen molar-refractivity contribution < 1.29 is 22.7 Å². The molecule has 1 N–H and O–H groups in total. The SMILES string of the molecule is CC[C@H](NC(=O)[C@H](CC)N(c1ccc(OC)c(Cl)c1)S(C)(=O)=O)c1ccc(OC)c(C)c1. The van der Waals surface area contributed by atoms with Crippen LogP contribution in [0.2, 0.25) is 5.02 Å². The van der Waals surface area contributed by atoms with Gasteiger partial charge in [-0.2, -0.15) is 0 Å². The number of rotatable bonds is 10. The number of hydrogen-bond acceptors (Lipinski definition) is 5. The highest BCUT2D eigenvalue weighted by Crippen LogP contribution is 2.32. The van der Waals surface area contributed by atoms with E-state index in [2.05, 4.69) is 5.32 Å². The van der Waals surface area contributed by atoms with Gasteiger partial charge in [0.2, 0.25) is 15.9 Å². The van der Waals surface area contributed by atoms with Crippen LogP contribution in [0.3, 0.4) is 0 Å².